The van der Waals surface area contributed by atoms with Crippen molar-refractivity contribution in [1.82, 2.24) is 20.2 Å². The Labute approximate surface area is 210 Å². The van der Waals surface area contributed by atoms with Gasteiger partial charge in [0.1, 0.15) is 0 Å². The van der Waals surface area contributed by atoms with Crippen molar-refractivity contribution in [3.8, 4) is 0 Å². The van der Waals surface area contributed by atoms with Crippen LogP contribution in [0.2, 0.25) is 0 Å². The van der Waals surface area contributed by atoms with Crippen LogP contribution in [0.5, 0.6) is 0 Å². The third-order valence-electron chi connectivity index (χ3n) is 5.77. The highest BCUT2D eigenvalue weighted by molar-refractivity contribution is 7.09. The average Bonchev–Trinajstić information content (AvgIpc) is 3.42. The van der Waals surface area contributed by atoms with Crippen molar-refractivity contribution in [2.45, 2.75) is 38.5 Å². The van der Waals surface area contributed by atoms with Crippen LogP contribution in [-0.4, -0.2) is 33.6 Å². The smallest absolute Gasteiger partial charge is 0.407 e. The number of nitrogens with zero attached hydrogens (tertiary/aromatic N) is 3. The molecule has 4 aromatic rings. The third kappa shape index (κ3) is 8.31. The van der Waals surface area contributed by atoms with Crippen LogP contribution < -0.4 is 5.32 Å². The SMILES string of the molecule is O=C(NCc1cncs1)OCCC(Cc1ccccc1)N(Cc1ccccc1)Cc1ccncc1. The van der Waals surface area contributed by atoms with E-state index in [0.717, 1.165) is 30.8 Å². The molecule has 0 saturated carbocycles. The predicted molar refractivity (Wildman–Crippen MR) is 139 cm³/mol. The van der Waals surface area contributed by atoms with Crippen molar-refractivity contribution in [2.24, 2.45) is 0 Å². The minimum atomic E-state index is -0.402. The first-order chi connectivity index (χ1) is 17.3. The molecule has 1 amide bonds. The molecule has 0 aliphatic rings. The molecular weight excluding hydrogens is 456 g/mol. The molecule has 6 nitrogen and oxygen atoms in total. The summed E-state index contributed by atoms with van der Waals surface area (Å²) >= 11 is 1.51. The molecule has 7 heteroatoms. The van der Waals surface area contributed by atoms with Gasteiger partial charge in [0.25, 0.3) is 0 Å². The first-order valence-electron chi connectivity index (χ1n) is 11.7. The maximum Gasteiger partial charge on any atom is 0.407 e. The Morgan fingerprint density at radius 2 is 1.54 bits per heavy atom. The van der Waals surface area contributed by atoms with E-state index in [9.17, 15) is 4.79 Å². The van der Waals surface area contributed by atoms with E-state index in [-0.39, 0.29) is 6.04 Å². The highest BCUT2D eigenvalue weighted by Crippen LogP contribution is 2.19. The quantitative estimate of drug-likeness (QED) is 0.288. The molecule has 180 valence electrons. The maximum atomic E-state index is 12.3. The molecule has 0 fully saturated rings. The molecule has 2 aromatic carbocycles. The lowest BCUT2D eigenvalue weighted by molar-refractivity contribution is 0.112. The summed E-state index contributed by atoms with van der Waals surface area (Å²) in [6.45, 7) is 2.36. The zero-order chi connectivity index (χ0) is 24.1. The van der Waals surface area contributed by atoms with Gasteiger partial charge in [-0.25, -0.2) is 4.79 Å². The molecule has 0 spiro atoms. The number of hydrogen-bond acceptors (Lipinski definition) is 6. The number of rotatable bonds is 12. The number of hydrogen-bond donors (Lipinski definition) is 1. The zero-order valence-corrected chi connectivity index (χ0v) is 20.4. The number of amides is 1. The topological polar surface area (TPSA) is 67.3 Å². The molecule has 1 unspecified atom stereocenters. The van der Waals surface area contributed by atoms with E-state index in [0.29, 0.717) is 13.2 Å². The fraction of sp³-hybridized carbons (Fsp3) is 0.250. The van der Waals surface area contributed by atoms with Crippen molar-refractivity contribution in [2.75, 3.05) is 6.61 Å². The van der Waals surface area contributed by atoms with E-state index in [1.54, 1.807) is 11.7 Å². The number of pyridine rings is 1. The first kappa shape index (κ1) is 24.6. The van der Waals surface area contributed by atoms with E-state index < -0.39 is 6.09 Å². The van der Waals surface area contributed by atoms with Crippen molar-refractivity contribution < 1.29 is 9.53 Å². The summed E-state index contributed by atoms with van der Waals surface area (Å²) < 4.78 is 5.56. The normalized spacial score (nSPS) is 11.8. The Kier molecular flexibility index (Phi) is 9.38. The van der Waals surface area contributed by atoms with Crippen LogP contribution in [0.3, 0.4) is 0 Å². The van der Waals surface area contributed by atoms with Crippen LogP contribution in [0, 0.1) is 0 Å². The number of aromatic nitrogens is 2. The van der Waals surface area contributed by atoms with Gasteiger partial charge in [0, 0.05) is 42.6 Å². The lowest BCUT2D eigenvalue weighted by atomic mass is 10.0. The van der Waals surface area contributed by atoms with Gasteiger partial charge in [0.15, 0.2) is 0 Å². The van der Waals surface area contributed by atoms with Crippen LogP contribution in [0.1, 0.15) is 28.0 Å². The number of ether oxygens (including phenoxy) is 1. The van der Waals surface area contributed by atoms with Gasteiger partial charge < -0.3 is 10.1 Å². The molecular formula is C28H30N4O2S. The predicted octanol–water partition coefficient (Wildman–Crippen LogP) is 5.47. The second kappa shape index (κ2) is 13.4. The van der Waals surface area contributed by atoms with Crippen LogP contribution in [0.15, 0.2) is 96.9 Å². The molecule has 2 heterocycles. The summed E-state index contributed by atoms with van der Waals surface area (Å²) in [6, 6.07) is 25.3. The summed E-state index contributed by atoms with van der Waals surface area (Å²) in [6.07, 6.45) is 6.60. The van der Waals surface area contributed by atoms with E-state index >= 15 is 0 Å². The van der Waals surface area contributed by atoms with Gasteiger partial charge in [-0.05, 0) is 41.7 Å². The Balaban J connectivity index is 1.45. The van der Waals surface area contributed by atoms with Crippen LogP contribution in [0.4, 0.5) is 4.79 Å². The van der Waals surface area contributed by atoms with Gasteiger partial charge in [-0.2, -0.15) is 0 Å². The zero-order valence-electron chi connectivity index (χ0n) is 19.6. The Bertz CT molecular complexity index is 1080. The molecule has 0 saturated heterocycles. The van der Waals surface area contributed by atoms with Gasteiger partial charge in [-0.3, -0.25) is 14.9 Å². The summed E-state index contributed by atoms with van der Waals surface area (Å²) in [4.78, 5) is 23.9. The molecule has 0 aliphatic carbocycles. The highest BCUT2D eigenvalue weighted by Gasteiger charge is 2.21. The van der Waals surface area contributed by atoms with Crippen LogP contribution in [-0.2, 0) is 30.8 Å². The summed E-state index contributed by atoms with van der Waals surface area (Å²) in [5.41, 5.74) is 5.47. The van der Waals surface area contributed by atoms with E-state index in [2.05, 4.69) is 80.8 Å². The number of carbonyl (C=O) groups excluding carboxylic acids is 1. The average molecular weight is 487 g/mol. The molecule has 35 heavy (non-hydrogen) atoms. The van der Waals surface area contributed by atoms with Crippen molar-refractivity contribution in [3.63, 3.8) is 0 Å². The Morgan fingerprint density at radius 1 is 0.886 bits per heavy atom. The number of nitrogens with one attached hydrogen (secondary N) is 1. The summed E-state index contributed by atoms with van der Waals surface area (Å²) in [7, 11) is 0. The van der Waals surface area contributed by atoms with Gasteiger partial charge >= 0.3 is 6.09 Å². The molecule has 1 atom stereocenters. The van der Waals surface area contributed by atoms with Gasteiger partial charge in [-0.15, -0.1) is 11.3 Å². The monoisotopic (exact) mass is 486 g/mol. The second-order valence-corrected chi connectivity index (χ2v) is 9.31. The number of thiazole rings is 1. The highest BCUT2D eigenvalue weighted by atomic mass is 32.1. The minimum absolute atomic E-state index is 0.181. The van der Waals surface area contributed by atoms with Crippen molar-refractivity contribution >= 4 is 17.4 Å². The molecule has 1 N–H and O–H groups in total. The number of alkyl carbamates (subject to hydrolysis) is 1. The van der Waals surface area contributed by atoms with Crippen molar-refractivity contribution in [1.29, 1.82) is 0 Å². The molecule has 2 aromatic heterocycles. The lowest BCUT2D eigenvalue weighted by Gasteiger charge is -2.32. The molecule has 0 radical (unpaired) electrons. The molecule has 4 rings (SSSR count). The standard InChI is InChI=1S/C28H30N4O2S/c33-28(31-19-27-18-30-22-35-27)34-16-13-26(17-23-7-3-1-4-8-23)32(20-24-9-5-2-6-10-24)21-25-11-14-29-15-12-25/h1-12,14-15,18,22,26H,13,16-17,19-21H2,(H,31,33). The van der Waals surface area contributed by atoms with Gasteiger partial charge in [0.2, 0.25) is 0 Å². The number of benzene rings is 2. The van der Waals surface area contributed by atoms with E-state index in [4.69, 9.17) is 4.74 Å². The first-order valence-corrected chi connectivity index (χ1v) is 12.6. The largest absolute Gasteiger partial charge is 0.449 e. The Morgan fingerprint density at radius 3 is 2.20 bits per heavy atom. The number of carbonyl (C=O) groups is 1. The second-order valence-electron chi connectivity index (χ2n) is 8.34. The minimum Gasteiger partial charge on any atom is -0.449 e. The molecule has 0 bridgehead atoms. The Hall–Kier alpha value is -3.55. The summed E-state index contributed by atoms with van der Waals surface area (Å²) in [5, 5.41) is 2.81. The fourth-order valence-corrected chi connectivity index (χ4v) is 4.52. The van der Waals surface area contributed by atoms with E-state index in [1.807, 2.05) is 24.5 Å². The van der Waals surface area contributed by atoms with Gasteiger partial charge in [-0.1, -0.05) is 60.7 Å². The summed E-state index contributed by atoms with van der Waals surface area (Å²) in [5.74, 6) is 0. The maximum absolute atomic E-state index is 12.3. The lowest BCUT2D eigenvalue weighted by Crippen LogP contribution is -2.37. The van der Waals surface area contributed by atoms with E-state index in [1.165, 1.54) is 28.0 Å². The van der Waals surface area contributed by atoms with Crippen molar-refractivity contribution in [3.05, 3.63) is 118 Å². The van der Waals surface area contributed by atoms with Gasteiger partial charge in [0.05, 0.1) is 18.7 Å². The molecule has 0 aliphatic heterocycles. The third-order valence-corrected chi connectivity index (χ3v) is 6.55. The van der Waals surface area contributed by atoms with Crippen LogP contribution >= 0.6 is 11.3 Å². The van der Waals surface area contributed by atoms with Crippen LogP contribution in [0.25, 0.3) is 0 Å². The fourth-order valence-electron chi connectivity index (χ4n) is 3.98.